The lowest BCUT2D eigenvalue weighted by atomic mass is 10.1. The van der Waals surface area contributed by atoms with Crippen LogP contribution < -0.4 is 11.5 Å². The van der Waals surface area contributed by atoms with Crippen molar-refractivity contribution in [1.82, 2.24) is 0 Å². The average molecular weight is 327 g/mol. The molecule has 4 N–H and O–H groups in total. The van der Waals surface area contributed by atoms with E-state index in [1.54, 1.807) is 6.07 Å². The minimum Gasteiger partial charge on any atom is -0.398 e. The third-order valence-electron chi connectivity index (χ3n) is 2.83. The van der Waals surface area contributed by atoms with Crippen molar-refractivity contribution in [3.05, 3.63) is 58.4 Å². The summed E-state index contributed by atoms with van der Waals surface area (Å²) in [6.07, 6.45) is 0. The fourth-order valence-electron chi connectivity index (χ4n) is 1.78. The second-order valence-corrected chi connectivity index (χ2v) is 6.20. The summed E-state index contributed by atoms with van der Waals surface area (Å²) in [5.74, 6) is -1.34. The van der Waals surface area contributed by atoms with Gasteiger partial charge in [-0.05, 0) is 36.4 Å². The first-order valence-corrected chi connectivity index (χ1v) is 7.60. The molecule has 0 spiro atoms. The molecule has 0 bridgehead atoms. The molecule has 2 aromatic carbocycles. The number of rotatable bonds is 4. The van der Waals surface area contributed by atoms with Crippen molar-refractivity contribution in [3.63, 3.8) is 0 Å². The average Bonchev–Trinajstić information content (AvgIpc) is 2.40. The number of hydrogen-bond donors (Lipinski definition) is 2. The van der Waals surface area contributed by atoms with E-state index in [9.17, 15) is 13.4 Å². The van der Waals surface area contributed by atoms with Gasteiger partial charge in [0.25, 0.3) is 0 Å². The van der Waals surface area contributed by atoms with Gasteiger partial charge in [0, 0.05) is 21.8 Å². The highest BCUT2D eigenvalue weighted by atomic mass is 35.5. The summed E-state index contributed by atoms with van der Waals surface area (Å²) in [7, 11) is -1.56. The summed E-state index contributed by atoms with van der Waals surface area (Å²) in [5.41, 5.74) is 11.5. The van der Waals surface area contributed by atoms with E-state index in [0.717, 1.165) is 6.07 Å². The van der Waals surface area contributed by atoms with Crippen LogP contribution in [0.1, 0.15) is 15.9 Å². The summed E-state index contributed by atoms with van der Waals surface area (Å²) in [6, 6.07) is 8.26. The van der Waals surface area contributed by atoms with E-state index in [4.69, 9.17) is 23.1 Å². The molecule has 0 heterocycles. The lowest BCUT2D eigenvalue weighted by Crippen LogP contribution is -2.12. The summed E-state index contributed by atoms with van der Waals surface area (Å²) in [5, 5.41) is 0.426. The third kappa shape index (κ3) is 3.59. The number of nitrogen functional groups attached to an aromatic ring is 1. The van der Waals surface area contributed by atoms with Crippen LogP contribution in [-0.4, -0.2) is 10.1 Å². The van der Waals surface area contributed by atoms with E-state index in [2.05, 4.69) is 0 Å². The molecule has 0 radical (unpaired) electrons. The molecule has 1 atom stereocenters. The molecule has 4 nitrogen and oxygen atoms in total. The van der Waals surface area contributed by atoms with E-state index in [1.165, 1.54) is 24.3 Å². The Labute approximate surface area is 128 Å². The maximum absolute atomic E-state index is 13.7. The molecule has 7 heteroatoms. The number of amides is 1. The summed E-state index contributed by atoms with van der Waals surface area (Å²) >= 11 is 5.77. The highest BCUT2D eigenvalue weighted by molar-refractivity contribution is 7.84. The van der Waals surface area contributed by atoms with Gasteiger partial charge < -0.3 is 11.5 Å². The van der Waals surface area contributed by atoms with E-state index >= 15 is 0 Å². The molecule has 0 aliphatic rings. The van der Waals surface area contributed by atoms with Crippen LogP contribution in [0.4, 0.5) is 10.1 Å². The highest BCUT2D eigenvalue weighted by Crippen LogP contribution is 2.24. The Morgan fingerprint density at radius 2 is 1.95 bits per heavy atom. The first-order chi connectivity index (χ1) is 9.88. The van der Waals surface area contributed by atoms with Crippen molar-refractivity contribution < 1.29 is 13.4 Å². The van der Waals surface area contributed by atoms with Crippen molar-refractivity contribution in [2.24, 2.45) is 5.73 Å². The monoisotopic (exact) mass is 326 g/mol. The Morgan fingerprint density at radius 3 is 2.57 bits per heavy atom. The molecule has 0 saturated heterocycles. The molecule has 0 fully saturated rings. The van der Waals surface area contributed by atoms with Crippen molar-refractivity contribution in [3.8, 4) is 0 Å². The molecule has 2 rings (SSSR count). The quantitative estimate of drug-likeness (QED) is 0.846. The van der Waals surface area contributed by atoms with Crippen LogP contribution in [-0.2, 0) is 16.6 Å². The van der Waals surface area contributed by atoms with Gasteiger partial charge in [-0.15, -0.1) is 0 Å². The lowest BCUT2D eigenvalue weighted by molar-refractivity contribution is 0.1000. The Bertz CT molecular complexity index is 737. The SMILES string of the molecule is NC(=O)c1ccc(F)c(CS(=O)c2ccc(Cl)cc2N)c1. The largest absolute Gasteiger partial charge is 0.398 e. The molecule has 2 aromatic rings. The number of hydrogen-bond acceptors (Lipinski definition) is 3. The van der Waals surface area contributed by atoms with Crippen molar-refractivity contribution in [2.45, 2.75) is 10.6 Å². The first-order valence-electron chi connectivity index (χ1n) is 5.90. The molecule has 0 aromatic heterocycles. The van der Waals surface area contributed by atoms with E-state index in [0.29, 0.717) is 9.92 Å². The van der Waals surface area contributed by atoms with Crippen LogP contribution in [0.25, 0.3) is 0 Å². The minimum absolute atomic E-state index is 0.112. The van der Waals surface area contributed by atoms with Gasteiger partial charge >= 0.3 is 0 Å². The molecule has 0 saturated carbocycles. The molecule has 110 valence electrons. The van der Waals surface area contributed by atoms with Gasteiger partial charge in [-0.1, -0.05) is 11.6 Å². The molecule has 1 unspecified atom stereocenters. The zero-order valence-electron chi connectivity index (χ0n) is 10.8. The van der Waals surface area contributed by atoms with Crippen LogP contribution in [0.15, 0.2) is 41.3 Å². The number of carbonyl (C=O) groups is 1. The normalized spacial score (nSPS) is 12.1. The molecular formula is C14H12ClFN2O2S. The smallest absolute Gasteiger partial charge is 0.248 e. The van der Waals surface area contributed by atoms with Gasteiger partial charge in [-0.25, -0.2) is 4.39 Å². The topological polar surface area (TPSA) is 86.2 Å². The van der Waals surface area contributed by atoms with Gasteiger partial charge in [0.05, 0.1) is 21.4 Å². The van der Waals surface area contributed by atoms with Crippen LogP contribution in [0, 0.1) is 5.82 Å². The predicted molar refractivity (Wildman–Crippen MR) is 80.9 cm³/mol. The summed E-state index contributed by atoms with van der Waals surface area (Å²) in [6.45, 7) is 0. The van der Waals surface area contributed by atoms with Gasteiger partial charge in [0.15, 0.2) is 0 Å². The molecule has 0 aliphatic heterocycles. The second kappa shape index (κ2) is 6.24. The maximum Gasteiger partial charge on any atom is 0.248 e. The highest BCUT2D eigenvalue weighted by Gasteiger charge is 2.14. The molecule has 21 heavy (non-hydrogen) atoms. The van der Waals surface area contributed by atoms with E-state index in [1.807, 2.05) is 0 Å². The van der Waals surface area contributed by atoms with Crippen LogP contribution in [0.3, 0.4) is 0 Å². The van der Waals surface area contributed by atoms with Crippen molar-refractivity contribution >= 4 is 34.0 Å². The fourth-order valence-corrected chi connectivity index (χ4v) is 3.17. The van der Waals surface area contributed by atoms with Crippen LogP contribution in [0.2, 0.25) is 5.02 Å². The number of benzene rings is 2. The number of carbonyl (C=O) groups excluding carboxylic acids is 1. The molecular weight excluding hydrogens is 315 g/mol. The Morgan fingerprint density at radius 1 is 1.24 bits per heavy atom. The minimum atomic E-state index is -1.56. The maximum atomic E-state index is 13.7. The number of primary amides is 1. The predicted octanol–water partition coefficient (Wildman–Crippen LogP) is 2.47. The van der Waals surface area contributed by atoms with Gasteiger partial charge in [-0.3, -0.25) is 9.00 Å². The standard InChI is InChI=1S/C14H12ClFN2O2S/c15-10-2-4-13(12(17)6-10)21(20)7-9-5-8(14(18)19)1-3-11(9)16/h1-6H,7,17H2,(H2,18,19). The Kier molecular flexibility index (Phi) is 4.59. The number of anilines is 1. The van der Waals surface area contributed by atoms with Crippen LogP contribution in [0.5, 0.6) is 0 Å². The van der Waals surface area contributed by atoms with Gasteiger partial charge in [0.2, 0.25) is 5.91 Å². The first kappa shape index (κ1) is 15.5. The zero-order valence-corrected chi connectivity index (χ0v) is 12.4. The zero-order chi connectivity index (χ0) is 15.6. The van der Waals surface area contributed by atoms with Crippen molar-refractivity contribution in [2.75, 3.05) is 5.73 Å². The molecule has 1 amide bonds. The van der Waals surface area contributed by atoms with Gasteiger partial charge in [0.1, 0.15) is 5.82 Å². The van der Waals surface area contributed by atoms with E-state index in [-0.39, 0.29) is 22.6 Å². The summed E-state index contributed by atoms with van der Waals surface area (Å²) < 4.78 is 26.0. The fraction of sp³-hybridized carbons (Fsp3) is 0.0714. The second-order valence-electron chi connectivity index (χ2n) is 4.34. The van der Waals surface area contributed by atoms with E-state index < -0.39 is 22.5 Å². The number of nitrogens with two attached hydrogens (primary N) is 2. The van der Waals surface area contributed by atoms with Crippen molar-refractivity contribution in [1.29, 1.82) is 0 Å². The summed E-state index contributed by atoms with van der Waals surface area (Å²) in [4.78, 5) is 11.5. The Hall–Kier alpha value is -1.92. The van der Waals surface area contributed by atoms with Crippen LogP contribution >= 0.6 is 11.6 Å². The molecule has 0 aliphatic carbocycles. The van der Waals surface area contributed by atoms with Gasteiger partial charge in [-0.2, -0.15) is 0 Å². The number of halogens is 2. The Balaban J connectivity index is 2.31. The third-order valence-corrected chi connectivity index (χ3v) is 4.50. The lowest BCUT2D eigenvalue weighted by Gasteiger charge is -2.08.